The second-order valence-corrected chi connectivity index (χ2v) is 6.08. The molecule has 6 nitrogen and oxygen atoms in total. The van der Waals surface area contributed by atoms with E-state index in [1.807, 2.05) is 16.8 Å². The van der Waals surface area contributed by atoms with Crippen LogP contribution in [0.15, 0.2) is 53.5 Å². The highest BCUT2D eigenvalue weighted by molar-refractivity contribution is 7.08. The number of hydrogen-bond acceptors (Lipinski definition) is 5. The van der Waals surface area contributed by atoms with E-state index in [1.54, 1.807) is 48.0 Å². The van der Waals surface area contributed by atoms with Gasteiger partial charge < -0.3 is 10.6 Å². The molecule has 25 heavy (non-hydrogen) atoms. The second kappa shape index (κ2) is 7.67. The summed E-state index contributed by atoms with van der Waals surface area (Å²) in [5, 5.41) is 9.49. The fourth-order valence-electron chi connectivity index (χ4n) is 2.31. The van der Waals surface area contributed by atoms with Gasteiger partial charge in [0.25, 0.3) is 5.91 Å². The molecule has 2 amide bonds. The normalized spacial score (nSPS) is 10.3. The molecule has 0 atom stereocenters. The predicted molar refractivity (Wildman–Crippen MR) is 97.3 cm³/mol. The SMILES string of the molecule is CC(=O)Nc1ccc(C(=O)NCc2nccnc2-c2ccsc2)cc1. The Hall–Kier alpha value is -3.06. The summed E-state index contributed by atoms with van der Waals surface area (Å²) < 4.78 is 0. The monoisotopic (exact) mass is 352 g/mol. The molecule has 0 aliphatic carbocycles. The summed E-state index contributed by atoms with van der Waals surface area (Å²) in [6, 6.07) is 8.68. The van der Waals surface area contributed by atoms with E-state index < -0.39 is 0 Å². The van der Waals surface area contributed by atoms with Crippen LogP contribution in [0.5, 0.6) is 0 Å². The third-order valence-corrected chi connectivity index (χ3v) is 4.14. The van der Waals surface area contributed by atoms with Crippen LogP contribution in [0.25, 0.3) is 11.3 Å². The van der Waals surface area contributed by atoms with Crippen molar-refractivity contribution in [2.75, 3.05) is 5.32 Å². The number of rotatable bonds is 5. The van der Waals surface area contributed by atoms with E-state index >= 15 is 0 Å². The lowest BCUT2D eigenvalue weighted by atomic mass is 10.1. The minimum absolute atomic E-state index is 0.152. The number of anilines is 1. The van der Waals surface area contributed by atoms with E-state index in [0.29, 0.717) is 16.9 Å². The van der Waals surface area contributed by atoms with Crippen LogP contribution in [-0.2, 0) is 11.3 Å². The van der Waals surface area contributed by atoms with Gasteiger partial charge in [0.1, 0.15) is 0 Å². The van der Waals surface area contributed by atoms with Crippen molar-refractivity contribution in [2.45, 2.75) is 13.5 Å². The number of carbonyl (C=O) groups excluding carboxylic acids is 2. The Morgan fingerprint density at radius 2 is 1.84 bits per heavy atom. The van der Waals surface area contributed by atoms with Crippen molar-refractivity contribution in [1.82, 2.24) is 15.3 Å². The van der Waals surface area contributed by atoms with Gasteiger partial charge in [-0.05, 0) is 35.7 Å². The minimum atomic E-state index is -0.212. The zero-order valence-corrected chi connectivity index (χ0v) is 14.3. The molecule has 3 rings (SSSR count). The molecule has 3 aromatic rings. The topological polar surface area (TPSA) is 84.0 Å². The fraction of sp³-hybridized carbons (Fsp3) is 0.111. The number of thiophene rings is 1. The Kier molecular flexibility index (Phi) is 5.15. The highest BCUT2D eigenvalue weighted by Crippen LogP contribution is 2.22. The molecular weight excluding hydrogens is 336 g/mol. The number of amides is 2. The molecule has 1 aromatic carbocycles. The van der Waals surface area contributed by atoms with Crippen molar-refractivity contribution < 1.29 is 9.59 Å². The Morgan fingerprint density at radius 3 is 2.52 bits per heavy atom. The molecule has 0 radical (unpaired) electrons. The second-order valence-electron chi connectivity index (χ2n) is 5.30. The lowest BCUT2D eigenvalue weighted by Crippen LogP contribution is -2.23. The van der Waals surface area contributed by atoms with E-state index in [0.717, 1.165) is 11.3 Å². The molecule has 7 heteroatoms. The van der Waals surface area contributed by atoms with Gasteiger partial charge in [0.15, 0.2) is 0 Å². The molecule has 0 unspecified atom stereocenters. The van der Waals surface area contributed by atoms with Crippen molar-refractivity contribution in [3.8, 4) is 11.3 Å². The average molecular weight is 352 g/mol. The van der Waals surface area contributed by atoms with Gasteiger partial charge >= 0.3 is 0 Å². The summed E-state index contributed by atoms with van der Waals surface area (Å²) in [7, 11) is 0. The van der Waals surface area contributed by atoms with E-state index in [1.165, 1.54) is 6.92 Å². The number of hydrogen-bond donors (Lipinski definition) is 2. The lowest BCUT2D eigenvalue weighted by molar-refractivity contribution is -0.114. The Morgan fingerprint density at radius 1 is 1.08 bits per heavy atom. The van der Waals surface area contributed by atoms with Crippen LogP contribution in [-0.4, -0.2) is 21.8 Å². The first kappa shape index (κ1) is 16.8. The number of benzene rings is 1. The van der Waals surface area contributed by atoms with Gasteiger partial charge in [-0.3, -0.25) is 19.6 Å². The molecule has 2 heterocycles. The van der Waals surface area contributed by atoms with E-state index in [4.69, 9.17) is 0 Å². The first-order chi connectivity index (χ1) is 12.1. The molecule has 0 spiro atoms. The van der Waals surface area contributed by atoms with Gasteiger partial charge in [-0.2, -0.15) is 11.3 Å². The highest BCUT2D eigenvalue weighted by Gasteiger charge is 2.11. The smallest absolute Gasteiger partial charge is 0.251 e. The summed E-state index contributed by atoms with van der Waals surface area (Å²) in [6.07, 6.45) is 3.25. The van der Waals surface area contributed by atoms with Gasteiger partial charge in [-0.1, -0.05) is 0 Å². The number of nitrogens with zero attached hydrogens (tertiary/aromatic N) is 2. The van der Waals surface area contributed by atoms with Crippen molar-refractivity contribution >= 4 is 28.8 Å². The molecular formula is C18H16N4O2S. The van der Waals surface area contributed by atoms with Crippen LogP contribution in [0, 0.1) is 0 Å². The number of nitrogens with one attached hydrogen (secondary N) is 2. The molecule has 126 valence electrons. The molecule has 0 aliphatic rings. The Bertz CT molecular complexity index is 876. The van der Waals surface area contributed by atoms with Crippen molar-refractivity contribution in [2.24, 2.45) is 0 Å². The maximum Gasteiger partial charge on any atom is 0.251 e. The van der Waals surface area contributed by atoms with Gasteiger partial charge in [0.2, 0.25) is 5.91 Å². The van der Waals surface area contributed by atoms with Crippen LogP contribution in [0.3, 0.4) is 0 Å². The summed E-state index contributed by atoms with van der Waals surface area (Å²) in [6.45, 7) is 1.72. The molecule has 0 fully saturated rings. The summed E-state index contributed by atoms with van der Waals surface area (Å²) in [4.78, 5) is 32.0. The molecule has 0 aliphatic heterocycles. The third kappa shape index (κ3) is 4.27. The molecule has 0 saturated carbocycles. The molecule has 2 N–H and O–H groups in total. The van der Waals surface area contributed by atoms with Crippen LogP contribution >= 0.6 is 11.3 Å². The zero-order chi connectivity index (χ0) is 17.6. The van der Waals surface area contributed by atoms with Crippen molar-refractivity contribution in [3.05, 3.63) is 64.7 Å². The minimum Gasteiger partial charge on any atom is -0.346 e. The largest absolute Gasteiger partial charge is 0.346 e. The lowest BCUT2D eigenvalue weighted by Gasteiger charge is -2.09. The van der Waals surface area contributed by atoms with Gasteiger partial charge in [-0.25, -0.2) is 0 Å². The summed E-state index contributed by atoms with van der Waals surface area (Å²) in [5.41, 5.74) is 3.63. The van der Waals surface area contributed by atoms with Gasteiger partial charge in [0.05, 0.1) is 17.9 Å². The van der Waals surface area contributed by atoms with Crippen molar-refractivity contribution in [1.29, 1.82) is 0 Å². The van der Waals surface area contributed by atoms with Crippen LogP contribution in [0.4, 0.5) is 5.69 Å². The van der Waals surface area contributed by atoms with E-state index in [-0.39, 0.29) is 18.4 Å². The van der Waals surface area contributed by atoms with Gasteiger partial charge in [-0.15, -0.1) is 0 Å². The summed E-state index contributed by atoms with van der Waals surface area (Å²) >= 11 is 1.58. The maximum atomic E-state index is 12.3. The molecule has 0 saturated heterocycles. The molecule has 0 bridgehead atoms. The van der Waals surface area contributed by atoms with Crippen molar-refractivity contribution in [3.63, 3.8) is 0 Å². The average Bonchev–Trinajstić information content (AvgIpc) is 3.14. The molecule has 2 aromatic heterocycles. The predicted octanol–water partition coefficient (Wildman–Crippen LogP) is 3.09. The summed E-state index contributed by atoms with van der Waals surface area (Å²) in [5.74, 6) is -0.364. The first-order valence-corrected chi connectivity index (χ1v) is 8.56. The Balaban J connectivity index is 1.68. The van der Waals surface area contributed by atoms with Crippen LogP contribution < -0.4 is 10.6 Å². The fourth-order valence-corrected chi connectivity index (χ4v) is 2.95. The number of carbonyl (C=O) groups is 2. The maximum absolute atomic E-state index is 12.3. The Labute approximate surface area is 149 Å². The van der Waals surface area contributed by atoms with Gasteiger partial charge in [0, 0.05) is 41.5 Å². The highest BCUT2D eigenvalue weighted by atomic mass is 32.1. The first-order valence-electron chi connectivity index (χ1n) is 7.62. The van der Waals surface area contributed by atoms with E-state index in [9.17, 15) is 9.59 Å². The zero-order valence-electron chi connectivity index (χ0n) is 13.5. The third-order valence-electron chi connectivity index (χ3n) is 3.45. The van der Waals surface area contributed by atoms with E-state index in [2.05, 4.69) is 20.6 Å². The standard InChI is InChI=1S/C18H16N4O2S/c1-12(23)22-15-4-2-13(3-5-15)18(24)21-10-16-17(20-8-7-19-16)14-6-9-25-11-14/h2-9,11H,10H2,1H3,(H,21,24)(H,22,23). The number of aromatic nitrogens is 2. The van der Waals surface area contributed by atoms with Crippen LogP contribution in [0.1, 0.15) is 23.0 Å². The van der Waals surface area contributed by atoms with Crippen LogP contribution in [0.2, 0.25) is 0 Å². The quantitative estimate of drug-likeness (QED) is 0.739.